The van der Waals surface area contributed by atoms with Gasteiger partial charge in [-0.3, -0.25) is 14.5 Å². The smallest absolute Gasteiger partial charge is 0.411 e. The first-order valence-corrected chi connectivity index (χ1v) is 12.3. The number of pyridine rings is 1. The van der Waals surface area contributed by atoms with E-state index < -0.39 is 5.60 Å². The molecule has 0 spiro atoms. The number of fused-ring (bicyclic) bond motifs is 3. The molecule has 0 bridgehead atoms. The maximum absolute atomic E-state index is 13.0. The van der Waals surface area contributed by atoms with Gasteiger partial charge in [-0.15, -0.1) is 10.2 Å². The second kappa shape index (κ2) is 9.02. The van der Waals surface area contributed by atoms with Crippen molar-refractivity contribution in [1.29, 1.82) is 0 Å². The van der Waals surface area contributed by atoms with Crippen LogP contribution in [0.3, 0.4) is 0 Å². The van der Waals surface area contributed by atoms with E-state index >= 15 is 0 Å². The van der Waals surface area contributed by atoms with E-state index in [1.807, 2.05) is 51.2 Å². The van der Waals surface area contributed by atoms with Crippen molar-refractivity contribution in [3.63, 3.8) is 0 Å². The molecule has 7 nitrogen and oxygen atoms in total. The molecular formula is C26H30ClN5O2. The number of aromatic nitrogens is 4. The van der Waals surface area contributed by atoms with E-state index in [-0.39, 0.29) is 6.09 Å². The van der Waals surface area contributed by atoms with Gasteiger partial charge in [0.15, 0.2) is 5.82 Å². The lowest BCUT2D eigenvalue weighted by molar-refractivity contribution is 0.0214. The SMILES string of the molecule is CC(C)(C)OC(=O)N1Cc2cc(Cl)ccc2-n2c(nnc2[C@H]2CC[C@H](c3ccccn3)CC2)C1. The van der Waals surface area contributed by atoms with Gasteiger partial charge in [0, 0.05) is 28.7 Å². The first-order valence-electron chi connectivity index (χ1n) is 11.9. The number of ether oxygens (including phenoxy) is 1. The zero-order valence-electron chi connectivity index (χ0n) is 19.9. The number of carbonyl (C=O) groups excluding carboxylic acids is 1. The largest absolute Gasteiger partial charge is 0.444 e. The number of halogens is 1. The second-order valence-corrected chi connectivity index (χ2v) is 10.7. The number of hydrogen-bond acceptors (Lipinski definition) is 5. The predicted molar refractivity (Wildman–Crippen MR) is 130 cm³/mol. The van der Waals surface area contributed by atoms with Crippen molar-refractivity contribution in [1.82, 2.24) is 24.6 Å². The molecular weight excluding hydrogens is 450 g/mol. The molecule has 1 aromatic carbocycles. The maximum Gasteiger partial charge on any atom is 0.411 e. The zero-order chi connectivity index (χ0) is 23.9. The van der Waals surface area contributed by atoms with Gasteiger partial charge in [-0.2, -0.15) is 0 Å². The van der Waals surface area contributed by atoms with E-state index in [1.54, 1.807) is 4.90 Å². The summed E-state index contributed by atoms with van der Waals surface area (Å²) in [6.45, 7) is 6.35. The van der Waals surface area contributed by atoms with Crippen LogP contribution in [0.15, 0.2) is 42.6 Å². The Labute approximate surface area is 205 Å². The van der Waals surface area contributed by atoms with E-state index in [1.165, 1.54) is 5.69 Å². The monoisotopic (exact) mass is 479 g/mol. The molecule has 0 N–H and O–H groups in total. The summed E-state index contributed by atoms with van der Waals surface area (Å²) in [5.41, 5.74) is 2.54. The van der Waals surface area contributed by atoms with Crippen LogP contribution in [0.4, 0.5) is 4.79 Å². The van der Waals surface area contributed by atoms with Crippen molar-refractivity contribution in [3.8, 4) is 5.69 Å². The molecule has 3 aromatic rings. The minimum atomic E-state index is -0.578. The van der Waals surface area contributed by atoms with E-state index in [0.717, 1.165) is 48.6 Å². The van der Waals surface area contributed by atoms with Gasteiger partial charge in [-0.1, -0.05) is 17.7 Å². The van der Waals surface area contributed by atoms with Crippen molar-refractivity contribution >= 4 is 17.7 Å². The molecule has 0 radical (unpaired) electrons. The molecule has 2 aromatic heterocycles. The summed E-state index contributed by atoms with van der Waals surface area (Å²) < 4.78 is 7.80. The van der Waals surface area contributed by atoms with E-state index in [0.29, 0.717) is 29.9 Å². The molecule has 2 aliphatic rings. The van der Waals surface area contributed by atoms with Crippen LogP contribution >= 0.6 is 11.6 Å². The first-order chi connectivity index (χ1) is 16.3. The maximum atomic E-state index is 13.0. The van der Waals surface area contributed by atoms with Crippen molar-refractivity contribution < 1.29 is 9.53 Å². The third-order valence-electron chi connectivity index (χ3n) is 6.58. The van der Waals surface area contributed by atoms with Gasteiger partial charge in [0.05, 0.1) is 18.8 Å². The topological polar surface area (TPSA) is 73.1 Å². The van der Waals surface area contributed by atoms with Gasteiger partial charge in [-0.25, -0.2) is 4.79 Å². The summed E-state index contributed by atoms with van der Waals surface area (Å²) >= 11 is 6.35. The third-order valence-corrected chi connectivity index (χ3v) is 6.82. The minimum Gasteiger partial charge on any atom is -0.444 e. The number of hydrogen-bond donors (Lipinski definition) is 0. The molecule has 0 atom stereocenters. The average Bonchev–Trinajstić information content (AvgIpc) is 3.14. The second-order valence-electron chi connectivity index (χ2n) is 10.2. The highest BCUT2D eigenvalue weighted by Crippen LogP contribution is 2.41. The highest BCUT2D eigenvalue weighted by atomic mass is 35.5. The number of rotatable bonds is 2. The third kappa shape index (κ3) is 4.67. The molecule has 0 unspecified atom stereocenters. The first kappa shape index (κ1) is 22.8. The van der Waals surface area contributed by atoms with Gasteiger partial charge >= 0.3 is 6.09 Å². The molecule has 1 aliphatic heterocycles. The summed E-state index contributed by atoms with van der Waals surface area (Å²) in [6, 6.07) is 12.0. The van der Waals surface area contributed by atoms with Gasteiger partial charge in [0.25, 0.3) is 0 Å². The Hall–Kier alpha value is -2.93. The Bertz CT molecular complexity index is 1180. The van der Waals surface area contributed by atoms with Crippen LogP contribution in [-0.4, -0.2) is 36.3 Å². The highest BCUT2D eigenvalue weighted by molar-refractivity contribution is 6.30. The highest BCUT2D eigenvalue weighted by Gasteiger charge is 2.33. The predicted octanol–water partition coefficient (Wildman–Crippen LogP) is 6.01. The van der Waals surface area contributed by atoms with Crippen LogP contribution in [0.1, 0.15) is 81.2 Å². The fraction of sp³-hybridized carbons (Fsp3) is 0.462. The molecule has 1 saturated carbocycles. The van der Waals surface area contributed by atoms with Crippen molar-refractivity contribution in [3.05, 3.63) is 70.5 Å². The van der Waals surface area contributed by atoms with E-state index in [9.17, 15) is 4.79 Å². The fourth-order valence-electron chi connectivity index (χ4n) is 5.01. The van der Waals surface area contributed by atoms with Gasteiger partial charge in [-0.05, 0) is 82.3 Å². The Balaban J connectivity index is 1.45. The van der Waals surface area contributed by atoms with Crippen LogP contribution < -0.4 is 0 Å². The molecule has 1 fully saturated rings. The number of benzene rings is 1. The van der Waals surface area contributed by atoms with Crippen LogP contribution in [0, 0.1) is 0 Å². The average molecular weight is 480 g/mol. The summed E-state index contributed by atoms with van der Waals surface area (Å²) in [6.07, 6.45) is 5.70. The molecule has 0 saturated heterocycles. The quantitative estimate of drug-likeness (QED) is 0.450. The van der Waals surface area contributed by atoms with Crippen molar-refractivity contribution in [2.45, 2.75) is 77.0 Å². The lowest BCUT2D eigenvalue weighted by Crippen LogP contribution is -2.35. The summed E-state index contributed by atoms with van der Waals surface area (Å²) in [5, 5.41) is 9.81. The summed E-state index contributed by atoms with van der Waals surface area (Å²) in [7, 11) is 0. The molecule has 3 heterocycles. The number of carbonyl (C=O) groups is 1. The van der Waals surface area contributed by atoms with E-state index in [2.05, 4.69) is 31.9 Å². The van der Waals surface area contributed by atoms with Gasteiger partial charge < -0.3 is 4.74 Å². The molecule has 1 amide bonds. The summed E-state index contributed by atoms with van der Waals surface area (Å²) in [4.78, 5) is 19.2. The van der Waals surface area contributed by atoms with Crippen molar-refractivity contribution in [2.24, 2.45) is 0 Å². The number of amides is 1. The molecule has 8 heteroatoms. The zero-order valence-corrected chi connectivity index (χ0v) is 20.6. The van der Waals surface area contributed by atoms with E-state index in [4.69, 9.17) is 16.3 Å². The summed E-state index contributed by atoms with van der Waals surface area (Å²) in [5.74, 6) is 2.49. The van der Waals surface area contributed by atoms with Crippen LogP contribution in [0.5, 0.6) is 0 Å². The van der Waals surface area contributed by atoms with Crippen LogP contribution in [0.2, 0.25) is 5.02 Å². The molecule has 34 heavy (non-hydrogen) atoms. The van der Waals surface area contributed by atoms with Crippen molar-refractivity contribution in [2.75, 3.05) is 0 Å². The Kier molecular flexibility index (Phi) is 6.06. The molecule has 1 aliphatic carbocycles. The lowest BCUT2D eigenvalue weighted by atomic mass is 9.80. The Morgan fingerprint density at radius 1 is 1.03 bits per heavy atom. The fourth-order valence-corrected chi connectivity index (χ4v) is 5.21. The molecule has 178 valence electrons. The lowest BCUT2D eigenvalue weighted by Gasteiger charge is -2.28. The molecule has 5 rings (SSSR count). The Morgan fingerprint density at radius 3 is 2.50 bits per heavy atom. The Morgan fingerprint density at radius 2 is 1.79 bits per heavy atom. The minimum absolute atomic E-state index is 0.304. The van der Waals surface area contributed by atoms with Gasteiger partial charge in [0.1, 0.15) is 11.4 Å². The standard InChI is InChI=1S/C26H30ClN5O2/c1-26(2,3)34-25(33)31-15-19-14-20(27)11-12-22(19)32-23(16-31)29-30-24(32)18-9-7-17(8-10-18)21-6-4-5-13-28-21/h4-6,11-14,17-18H,7-10,15-16H2,1-3H3/t17-,18-. The van der Waals surface area contributed by atoms with Crippen LogP contribution in [0.25, 0.3) is 5.69 Å². The van der Waals surface area contributed by atoms with Gasteiger partial charge in [0.2, 0.25) is 0 Å². The number of nitrogens with zero attached hydrogens (tertiary/aromatic N) is 5. The van der Waals surface area contributed by atoms with Crippen LogP contribution in [-0.2, 0) is 17.8 Å². The normalized spacial score (nSPS) is 20.3.